The molecule has 2 aromatic carbocycles. The molecule has 1 fully saturated rings. The van der Waals surface area contributed by atoms with Crippen LogP contribution >= 0.6 is 0 Å². The molecule has 258 valence electrons. The van der Waals surface area contributed by atoms with Crippen LogP contribution in [0.5, 0.6) is 0 Å². The molecular formula is C37H44N6O6. The van der Waals surface area contributed by atoms with Gasteiger partial charge in [0.2, 0.25) is 29.5 Å². The molecule has 49 heavy (non-hydrogen) atoms. The summed E-state index contributed by atoms with van der Waals surface area (Å²) in [6.07, 6.45) is 7.89. The van der Waals surface area contributed by atoms with Crippen LogP contribution in [0.3, 0.4) is 0 Å². The van der Waals surface area contributed by atoms with Gasteiger partial charge in [-0.15, -0.1) is 0 Å². The largest absolute Gasteiger partial charge is 0.469 e. The van der Waals surface area contributed by atoms with E-state index < -0.39 is 23.9 Å². The third-order valence-corrected chi connectivity index (χ3v) is 9.03. The number of hydrogen-bond acceptors (Lipinski definition) is 7. The number of hydrogen-bond donors (Lipinski definition) is 6. The predicted octanol–water partition coefficient (Wildman–Crippen LogP) is 1.71. The smallest absolute Gasteiger partial charge is 0.244 e. The lowest BCUT2D eigenvalue weighted by Crippen LogP contribution is -2.47. The van der Waals surface area contributed by atoms with Crippen LogP contribution in [0.15, 0.2) is 83.5 Å². The minimum absolute atomic E-state index is 0.00900. The van der Waals surface area contributed by atoms with Crippen molar-refractivity contribution in [3.63, 3.8) is 0 Å². The van der Waals surface area contributed by atoms with Gasteiger partial charge in [-0.05, 0) is 72.5 Å². The minimum atomic E-state index is -0.961. The van der Waals surface area contributed by atoms with Gasteiger partial charge in [0, 0.05) is 44.1 Å². The lowest BCUT2D eigenvalue weighted by molar-refractivity contribution is -0.127. The summed E-state index contributed by atoms with van der Waals surface area (Å²) in [5, 5.41) is 15.0. The zero-order valence-electron chi connectivity index (χ0n) is 27.4. The Morgan fingerprint density at radius 3 is 2.31 bits per heavy atom. The van der Waals surface area contributed by atoms with Crippen molar-refractivity contribution in [3.05, 3.63) is 107 Å². The SMILES string of the molecule is NC(=O)[C@@H]1Cc2cccc(c2)CNC(=O)/C=C/C(=O)NC2CCC(CC2)CN[C@@H](Cc2ccco2)C(=O)NCc2ccccc2CC(=O)N1. The number of furan rings is 1. The van der Waals surface area contributed by atoms with E-state index in [-0.39, 0.29) is 49.7 Å². The quantitative estimate of drug-likeness (QED) is 0.245. The van der Waals surface area contributed by atoms with Crippen LogP contribution in [-0.4, -0.2) is 54.2 Å². The highest BCUT2D eigenvalue weighted by Gasteiger charge is 2.26. The Balaban J connectivity index is 1.33. The molecule has 3 aliphatic rings. The number of amides is 5. The number of fused-ring (bicyclic) bond motifs is 16. The second kappa shape index (κ2) is 17.3. The van der Waals surface area contributed by atoms with Gasteiger partial charge in [0.15, 0.2) is 0 Å². The molecule has 6 rings (SSSR count). The average Bonchev–Trinajstić information content (AvgIpc) is 3.61. The van der Waals surface area contributed by atoms with E-state index in [0.29, 0.717) is 30.2 Å². The maximum Gasteiger partial charge on any atom is 0.244 e. The van der Waals surface area contributed by atoms with E-state index in [4.69, 9.17) is 10.2 Å². The Hall–Kier alpha value is -5.23. The van der Waals surface area contributed by atoms with E-state index in [2.05, 4.69) is 26.6 Å². The highest BCUT2D eigenvalue weighted by Crippen LogP contribution is 2.24. The zero-order chi connectivity index (χ0) is 34.6. The van der Waals surface area contributed by atoms with Gasteiger partial charge in [0.25, 0.3) is 0 Å². The van der Waals surface area contributed by atoms with E-state index in [0.717, 1.165) is 42.4 Å². The molecule has 0 unspecified atom stereocenters. The molecule has 1 aromatic heterocycles. The monoisotopic (exact) mass is 668 g/mol. The molecule has 7 N–H and O–H groups in total. The highest BCUT2D eigenvalue weighted by molar-refractivity contribution is 5.96. The van der Waals surface area contributed by atoms with E-state index in [1.165, 1.54) is 12.2 Å². The topological polar surface area (TPSA) is 185 Å². The zero-order valence-corrected chi connectivity index (χ0v) is 27.4. The van der Waals surface area contributed by atoms with Gasteiger partial charge in [0.1, 0.15) is 11.8 Å². The van der Waals surface area contributed by atoms with Gasteiger partial charge in [-0.3, -0.25) is 24.0 Å². The molecule has 5 amide bonds. The van der Waals surface area contributed by atoms with Crippen molar-refractivity contribution in [2.45, 2.75) is 76.2 Å². The van der Waals surface area contributed by atoms with Crippen molar-refractivity contribution in [2.24, 2.45) is 11.7 Å². The van der Waals surface area contributed by atoms with Gasteiger partial charge in [0.05, 0.1) is 18.7 Å². The van der Waals surface area contributed by atoms with E-state index in [1.54, 1.807) is 18.4 Å². The number of carbonyl (C=O) groups excluding carboxylic acids is 5. The summed E-state index contributed by atoms with van der Waals surface area (Å²) in [7, 11) is 0. The van der Waals surface area contributed by atoms with Crippen molar-refractivity contribution >= 4 is 29.5 Å². The molecule has 2 aliphatic heterocycles. The van der Waals surface area contributed by atoms with Gasteiger partial charge >= 0.3 is 0 Å². The van der Waals surface area contributed by atoms with Gasteiger partial charge in [-0.25, -0.2) is 0 Å². The molecule has 3 aromatic rings. The fourth-order valence-corrected chi connectivity index (χ4v) is 6.31. The van der Waals surface area contributed by atoms with Crippen molar-refractivity contribution < 1.29 is 28.4 Å². The van der Waals surface area contributed by atoms with Crippen LogP contribution < -0.4 is 32.3 Å². The lowest BCUT2D eigenvalue weighted by Gasteiger charge is -2.30. The summed E-state index contributed by atoms with van der Waals surface area (Å²) in [5.74, 6) is -0.985. The predicted molar refractivity (Wildman–Crippen MR) is 182 cm³/mol. The van der Waals surface area contributed by atoms with E-state index in [1.807, 2.05) is 48.5 Å². The summed E-state index contributed by atoms with van der Waals surface area (Å²) in [6, 6.07) is 16.7. The first kappa shape index (κ1) is 35.1. The maximum atomic E-state index is 13.5. The van der Waals surface area contributed by atoms with Gasteiger partial charge in [-0.2, -0.15) is 0 Å². The molecule has 0 spiro atoms. The Morgan fingerprint density at radius 1 is 0.796 bits per heavy atom. The molecule has 0 saturated heterocycles. The molecule has 2 atom stereocenters. The van der Waals surface area contributed by atoms with E-state index in [9.17, 15) is 24.0 Å². The van der Waals surface area contributed by atoms with E-state index >= 15 is 0 Å². The number of benzene rings is 2. The lowest BCUT2D eigenvalue weighted by atomic mass is 9.85. The molecule has 1 aliphatic carbocycles. The molecule has 12 nitrogen and oxygen atoms in total. The number of rotatable bonds is 3. The first-order chi connectivity index (χ1) is 23.7. The highest BCUT2D eigenvalue weighted by atomic mass is 16.3. The minimum Gasteiger partial charge on any atom is -0.469 e. The summed E-state index contributed by atoms with van der Waals surface area (Å²) in [5.41, 5.74) is 8.70. The van der Waals surface area contributed by atoms with Gasteiger partial charge < -0.3 is 36.7 Å². The fourth-order valence-electron chi connectivity index (χ4n) is 6.31. The van der Waals surface area contributed by atoms with Crippen molar-refractivity contribution in [1.29, 1.82) is 0 Å². The molecule has 3 heterocycles. The summed E-state index contributed by atoms with van der Waals surface area (Å²) < 4.78 is 5.55. The van der Waals surface area contributed by atoms with Crippen LogP contribution in [0.1, 0.15) is 53.7 Å². The molecule has 12 heteroatoms. The van der Waals surface area contributed by atoms with Crippen LogP contribution in [0.2, 0.25) is 0 Å². The first-order valence-corrected chi connectivity index (χ1v) is 16.7. The Kier molecular flexibility index (Phi) is 12.4. The third-order valence-electron chi connectivity index (χ3n) is 9.03. The van der Waals surface area contributed by atoms with Gasteiger partial charge in [-0.1, -0.05) is 48.5 Å². The normalized spacial score (nSPS) is 23.9. The molecule has 4 bridgehead atoms. The molecule has 1 saturated carbocycles. The van der Waals surface area contributed by atoms with Crippen LogP contribution in [0, 0.1) is 5.92 Å². The number of primary amides is 1. The van der Waals surface area contributed by atoms with Crippen LogP contribution in [0.25, 0.3) is 0 Å². The molecule has 0 radical (unpaired) electrons. The Labute approximate surface area is 285 Å². The Morgan fingerprint density at radius 2 is 1.55 bits per heavy atom. The molecular weight excluding hydrogens is 624 g/mol. The standard InChI is InChI=1S/C37H44N6O6/c38-36(47)31-18-25-5-3-6-26(17-25)22-40-33(44)14-15-34(45)42-29-12-10-24(11-13-29)21-39-32(20-30-9-4-16-49-30)37(48)41-23-28-8-2-1-7-27(28)19-35(46)43-31/h1-9,14-17,24,29,31-32,39H,10-13,18-23H2,(H2,38,47)(H,40,44)(H,41,48)(H,42,45)(H,43,46)/b15-14+/t24?,29?,31-,32-/m0/s1. The summed E-state index contributed by atoms with van der Waals surface area (Å²) >= 11 is 0. The number of nitrogens with two attached hydrogens (primary N) is 1. The average molecular weight is 669 g/mol. The second-order valence-corrected chi connectivity index (χ2v) is 12.7. The number of nitrogens with one attached hydrogen (secondary N) is 5. The third kappa shape index (κ3) is 10.9. The first-order valence-electron chi connectivity index (χ1n) is 16.7. The van der Waals surface area contributed by atoms with Crippen LogP contribution in [0.4, 0.5) is 0 Å². The summed E-state index contributed by atoms with van der Waals surface area (Å²) in [4.78, 5) is 64.1. The maximum absolute atomic E-state index is 13.5. The van der Waals surface area contributed by atoms with Crippen molar-refractivity contribution in [1.82, 2.24) is 26.6 Å². The number of carbonyl (C=O) groups is 5. The van der Waals surface area contributed by atoms with Crippen molar-refractivity contribution in [2.75, 3.05) is 6.54 Å². The second-order valence-electron chi connectivity index (χ2n) is 12.7. The van der Waals surface area contributed by atoms with Crippen LogP contribution in [-0.2, 0) is 56.3 Å². The summed E-state index contributed by atoms with van der Waals surface area (Å²) in [6.45, 7) is 1.04. The fraction of sp³-hybridized carbons (Fsp3) is 0.378. The van der Waals surface area contributed by atoms with Crippen molar-refractivity contribution in [3.8, 4) is 0 Å². The Bertz CT molecular complexity index is 1650.